The van der Waals surface area contributed by atoms with Crippen molar-refractivity contribution in [3.63, 3.8) is 0 Å². The highest BCUT2D eigenvalue weighted by Crippen LogP contribution is 2.33. The highest BCUT2D eigenvalue weighted by molar-refractivity contribution is 9.11. The van der Waals surface area contributed by atoms with Crippen LogP contribution in [0.4, 0.5) is 0 Å². The van der Waals surface area contributed by atoms with Gasteiger partial charge in [-0.15, -0.1) is 22.9 Å². The summed E-state index contributed by atoms with van der Waals surface area (Å²) in [6, 6.07) is 3.93. The first-order valence-corrected chi connectivity index (χ1v) is 6.73. The molecule has 0 radical (unpaired) electrons. The fourth-order valence-corrected chi connectivity index (χ4v) is 2.87. The van der Waals surface area contributed by atoms with Crippen molar-refractivity contribution in [2.75, 3.05) is 6.61 Å². The molecule has 1 unspecified atom stereocenters. The van der Waals surface area contributed by atoms with Gasteiger partial charge in [-0.05, 0) is 41.4 Å². The van der Waals surface area contributed by atoms with E-state index in [1.54, 1.807) is 18.3 Å². The van der Waals surface area contributed by atoms with Gasteiger partial charge in [-0.1, -0.05) is 0 Å². The summed E-state index contributed by atoms with van der Waals surface area (Å²) in [7, 11) is 0. The molecule has 15 heavy (non-hydrogen) atoms. The molecule has 5 heteroatoms. The number of ether oxygens (including phenoxy) is 1. The third-order valence-electron chi connectivity index (χ3n) is 1.81. The van der Waals surface area contributed by atoms with Gasteiger partial charge in [0.1, 0.15) is 0 Å². The summed E-state index contributed by atoms with van der Waals surface area (Å²) in [5.41, 5.74) is 0. The molecule has 0 amide bonds. The fraction of sp³-hybridized carbons (Fsp3) is 0.500. The standard InChI is InChI=1S/C10H12BrClO2S/c1-2-14-10(13)6-3-7(12)8-4-5-9(11)15-8/h4-5,7H,2-3,6H2,1H3. The normalized spacial score (nSPS) is 12.5. The average molecular weight is 312 g/mol. The fourth-order valence-electron chi connectivity index (χ4n) is 1.12. The van der Waals surface area contributed by atoms with Gasteiger partial charge in [0.05, 0.1) is 15.8 Å². The summed E-state index contributed by atoms with van der Waals surface area (Å²) < 4.78 is 5.88. The van der Waals surface area contributed by atoms with Crippen LogP contribution in [0.3, 0.4) is 0 Å². The number of thiophene rings is 1. The summed E-state index contributed by atoms with van der Waals surface area (Å²) in [4.78, 5) is 12.2. The van der Waals surface area contributed by atoms with E-state index in [9.17, 15) is 4.79 Å². The van der Waals surface area contributed by atoms with Crippen LogP contribution in [0.15, 0.2) is 15.9 Å². The first-order chi connectivity index (χ1) is 7.13. The molecule has 0 saturated heterocycles. The van der Waals surface area contributed by atoms with Gasteiger partial charge in [0, 0.05) is 11.3 Å². The Hall–Kier alpha value is -0.0600. The van der Waals surface area contributed by atoms with Crippen LogP contribution in [-0.2, 0) is 9.53 Å². The Labute approximate surface area is 107 Å². The number of hydrogen-bond donors (Lipinski definition) is 0. The highest BCUT2D eigenvalue weighted by atomic mass is 79.9. The summed E-state index contributed by atoms with van der Waals surface area (Å²) >= 11 is 11.1. The predicted octanol–water partition coefficient (Wildman–Crippen LogP) is 4.13. The third kappa shape index (κ3) is 4.53. The maximum atomic E-state index is 11.1. The molecular weight excluding hydrogens is 300 g/mol. The molecular formula is C10H12BrClO2S. The molecule has 0 aromatic carbocycles. The second kappa shape index (κ2) is 6.51. The van der Waals surface area contributed by atoms with Crippen LogP contribution in [0, 0.1) is 0 Å². The molecule has 1 aromatic heterocycles. The molecule has 0 bridgehead atoms. The van der Waals surface area contributed by atoms with Crippen molar-refractivity contribution in [2.45, 2.75) is 25.1 Å². The second-order valence-corrected chi connectivity index (χ2v) is 5.97. The van der Waals surface area contributed by atoms with E-state index in [-0.39, 0.29) is 11.3 Å². The van der Waals surface area contributed by atoms with E-state index in [1.165, 1.54) is 0 Å². The number of carbonyl (C=O) groups is 1. The number of alkyl halides is 1. The summed E-state index contributed by atoms with van der Waals surface area (Å²) in [5, 5.41) is -0.106. The van der Waals surface area contributed by atoms with Gasteiger partial charge < -0.3 is 4.74 Å². The summed E-state index contributed by atoms with van der Waals surface area (Å²) in [5.74, 6) is -0.182. The van der Waals surface area contributed by atoms with Crippen LogP contribution in [0.2, 0.25) is 0 Å². The highest BCUT2D eigenvalue weighted by Gasteiger charge is 2.12. The molecule has 0 spiro atoms. The zero-order valence-electron chi connectivity index (χ0n) is 8.33. The molecule has 0 fully saturated rings. The Bertz CT molecular complexity index is 327. The Kier molecular flexibility index (Phi) is 5.64. The van der Waals surface area contributed by atoms with E-state index in [1.807, 2.05) is 12.1 Å². The van der Waals surface area contributed by atoms with Crippen LogP contribution < -0.4 is 0 Å². The topological polar surface area (TPSA) is 26.3 Å². The van der Waals surface area contributed by atoms with Crippen LogP contribution in [0.25, 0.3) is 0 Å². The molecule has 0 saturated carbocycles. The minimum Gasteiger partial charge on any atom is -0.466 e. The van der Waals surface area contributed by atoms with E-state index in [0.29, 0.717) is 19.4 Å². The van der Waals surface area contributed by atoms with E-state index in [2.05, 4.69) is 15.9 Å². The maximum Gasteiger partial charge on any atom is 0.305 e. The molecule has 1 aromatic rings. The smallest absolute Gasteiger partial charge is 0.305 e. The SMILES string of the molecule is CCOC(=O)CCC(Cl)c1ccc(Br)s1. The lowest BCUT2D eigenvalue weighted by atomic mass is 10.2. The number of esters is 1. The monoisotopic (exact) mass is 310 g/mol. The van der Waals surface area contributed by atoms with Crippen molar-refractivity contribution in [1.29, 1.82) is 0 Å². The Morgan fingerprint density at radius 1 is 1.67 bits per heavy atom. The van der Waals surface area contributed by atoms with Gasteiger partial charge in [-0.3, -0.25) is 4.79 Å². The van der Waals surface area contributed by atoms with Crippen molar-refractivity contribution < 1.29 is 9.53 Å². The quantitative estimate of drug-likeness (QED) is 0.603. The molecule has 1 atom stereocenters. The molecule has 0 aliphatic rings. The number of halogens is 2. The van der Waals surface area contributed by atoms with Crippen LogP contribution in [0.5, 0.6) is 0 Å². The molecule has 0 N–H and O–H groups in total. The van der Waals surface area contributed by atoms with E-state index in [0.717, 1.165) is 8.66 Å². The minimum atomic E-state index is -0.182. The van der Waals surface area contributed by atoms with Crippen molar-refractivity contribution in [2.24, 2.45) is 0 Å². The predicted molar refractivity (Wildman–Crippen MR) is 66.5 cm³/mol. The molecule has 2 nitrogen and oxygen atoms in total. The summed E-state index contributed by atoms with van der Waals surface area (Å²) in [6.07, 6.45) is 0.991. The van der Waals surface area contributed by atoms with Gasteiger partial charge in [-0.25, -0.2) is 0 Å². The Balaban J connectivity index is 2.36. The summed E-state index contributed by atoms with van der Waals surface area (Å²) in [6.45, 7) is 2.22. The van der Waals surface area contributed by atoms with Gasteiger partial charge in [0.2, 0.25) is 0 Å². The second-order valence-electron chi connectivity index (χ2n) is 2.95. The lowest BCUT2D eigenvalue weighted by molar-refractivity contribution is -0.143. The molecule has 0 aliphatic heterocycles. The van der Waals surface area contributed by atoms with E-state index in [4.69, 9.17) is 16.3 Å². The molecule has 1 rings (SSSR count). The maximum absolute atomic E-state index is 11.1. The first kappa shape index (κ1) is 13.0. The lowest BCUT2D eigenvalue weighted by Gasteiger charge is -2.06. The zero-order valence-corrected chi connectivity index (χ0v) is 11.5. The van der Waals surface area contributed by atoms with Crippen molar-refractivity contribution in [1.82, 2.24) is 0 Å². The average Bonchev–Trinajstić information content (AvgIpc) is 2.62. The number of hydrogen-bond acceptors (Lipinski definition) is 3. The third-order valence-corrected chi connectivity index (χ3v) is 4.13. The van der Waals surface area contributed by atoms with Crippen molar-refractivity contribution in [3.8, 4) is 0 Å². The van der Waals surface area contributed by atoms with Crippen LogP contribution in [0.1, 0.15) is 30.0 Å². The van der Waals surface area contributed by atoms with Gasteiger partial charge >= 0.3 is 5.97 Å². The van der Waals surface area contributed by atoms with Gasteiger partial charge in [0.25, 0.3) is 0 Å². The van der Waals surface area contributed by atoms with E-state index >= 15 is 0 Å². The van der Waals surface area contributed by atoms with Crippen LogP contribution >= 0.6 is 38.9 Å². The first-order valence-electron chi connectivity index (χ1n) is 4.68. The number of carbonyl (C=O) groups excluding carboxylic acids is 1. The Morgan fingerprint density at radius 3 is 2.93 bits per heavy atom. The minimum absolute atomic E-state index is 0.106. The van der Waals surface area contributed by atoms with Crippen LogP contribution in [-0.4, -0.2) is 12.6 Å². The largest absolute Gasteiger partial charge is 0.466 e. The van der Waals surface area contributed by atoms with Crippen molar-refractivity contribution in [3.05, 3.63) is 20.8 Å². The molecule has 0 aliphatic carbocycles. The van der Waals surface area contributed by atoms with E-state index < -0.39 is 0 Å². The lowest BCUT2D eigenvalue weighted by Crippen LogP contribution is -2.04. The number of rotatable bonds is 5. The zero-order chi connectivity index (χ0) is 11.3. The molecule has 84 valence electrons. The van der Waals surface area contributed by atoms with Crippen molar-refractivity contribution >= 4 is 44.8 Å². The van der Waals surface area contributed by atoms with Gasteiger partial charge in [0.15, 0.2) is 0 Å². The van der Waals surface area contributed by atoms with Gasteiger partial charge in [-0.2, -0.15) is 0 Å². The Morgan fingerprint density at radius 2 is 2.40 bits per heavy atom. The molecule has 1 heterocycles.